The summed E-state index contributed by atoms with van der Waals surface area (Å²) < 4.78 is 19.3. The average Bonchev–Trinajstić information content (AvgIpc) is 2.71. The van der Waals surface area contributed by atoms with Crippen molar-refractivity contribution >= 4 is 5.97 Å². The van der Waals surface area contributed by atoms with Gasteiger partial charge in [-0.3, -0.25) is 4.79 Å². The van der Waals surface area contributed by atoms with Crippen molar-refractivity contribution in [2.75, 3.05) is 6.61 Å². The summed E-state index contributed by atoms with van der Waals surface area (Å²) >= 11 is 0. The minimum absolute atomic E-state index is 0.0338. The lowest BCUT2D eigenvalue weighted by Crippen LogP contribution is -2.12. The molecule has 0 spiro atoms. The smallest absolute Gasteiger partial charge is 0.313 e. The van der Waals surface area contributed by atoms with Crippen LogP contribution in [0.5, 0.6) is 0 Å². The topological polar surface area (TPSA) is 57.0 Å². The summed E-state index contributed by atoms with van der Waals surface area (Å²) in [4.78, 5) is 15.7. The Morgan fingerprint density at radius 2 is 2.05 bits per heavy atom. The zero-order chi connectivity index (χ0) is 13.8. The number of halogens is 1. The largest absolute Gasteiger partial charge is 0.466 e. The number of carbonyl (C=O) groups is 1. The van der Waals surface area contributed by atoms with Crippen molar-refractivity contribution in [3.63, 3.8) is 0 Å². The Morgan fingerprint density at radius 3 is 2.68 bits per heavy atom. The number of aryl methyl sites for hydroxylation is 1. The van der Waals surface area contributed by atoms with Crippen LogP contribution in [-0.2, 0) is 16.0 Å². The van der Waals surface area contributed by atoms with Gasteiger partial charge in [0, 0.05) is 0 Å². The molecule has 0 radical (unpaired) electrons. The van der Waals surface area contributed by atoms with Crippen molar-refractivity contribution < 1.29 is 13.9 Å². The number of rotatable bonds is 4. The Morgan fingerprint density at radius 1 is 1.37 bits per heavy atom. The van der Waals surface area contributed by atoms with Gasteiger partial charge in [-0.2, -0.15) is 5.10 Å². The maximum absolute atomic E-state index is 12.9. The Bertz CT molecular complexity index is 578. The van der Waals surface area contributed by atoms with Gasteiger partial charge in [0.1, 0.15) is 23.9 Å². The summed E-state index contributed by atoms with van der Waals surface area (Å²) in [6, 6.07) is 5.83. The quantitative estimate of drug-likeness (QED) is 0.789. The van der Waals surface area contributed by atoms with E-state index in [0.29, 0.717) is 23.9 Å². The first-order valence-electron chi connectivity index (χ1n) is 5.94. The molecule has 0 bridgehead atoms. The van der Waals surface area contributed by atoms with Gasteiger partial charge in [0.15, 0.2) is 0 Å². The number of esters is 1. The third kappa shape index (κ3) is 3.15. The van der Waals surface area contributed by atoms with Crippen molar-refractivity contribution in [1.82, 2.24) is 14.8 Å². The van der Waals surface area contributed by atoms with Crippen LogP contribution in [-0.4, -0.2) is 27.3 Å². The van der Waals surface area contributed by atoms with Gasteiger partial charge in [-0.1, -0.05) is 0 Å². The zero-order valence-corrected chi connectivity index (χ0v) is 10.8. The number of aromatic nitrogens is 3. The van der Waals surface area contributed by atoms with Crippen LogP contribution in [0.3, 0.4) is 0 Å². The molecule has 0 unspecified atom stereocenters. The van der Waals surface area contributed by atoms with Crippen molar-refractivity contribution in [3.05, 3.63) is 41.7 Å². The molecule has 0 amide bonds. The summed E-state index contributed by atoms with van der Waals surface area (Å²) in [6.07, 6.45) is 0.0338. The van der Waals surface area contributed by atoms with Gasteiger partial charge >= 0.3 is 5.97 Å². The molecular formula is C13H14FN3O2. The van der Waals surface area contributed by atoms with Crippen LogP contribution in [0.1, 0.15) is 18.6 Å². The second-order valence-corrected chi connectivity index (χ2v) is 3.95. The molecular weight excluding hydrogens is 249 g/mol. The molecule has 0 fully saturated rings. The second-order valence-electron chi connectivity index (χ2n) is 3.95. The number of ether oxygens (including phenoxy) is 1. The molecule has 0 aliphatic rings. The van der Waals surface area contributed by atoms with Gasteiger partial charge in [0.05, 0.1) is 12.3 Å². The van der Waals surface area contributed by atoms with Gasteiger partial charge in [-0.15, -0.1) is 0 Å². The Kier molecular flexibility index (Phi) is 3.89. The molecule has 6 heteroatoms. The van der Waals surface area contributed by atoms with Gasteiger partial charge in [-0.05, 0) is 38.1 Å². The molecule has 1 heterocycles. The van der Waals surface area contributed by atoms with E-state index in [-0.39, 0.29) is 18.2 Å². The number of nitrogens with zero attached hydrogens (tertiary/aromatic N) is 3. The summed E-state index contributed by atoms with van der Waals surface area (Å²) in [6.45, 7) is 3.80. The molecule has 0 saturated heterocycles. The molecule has 1 aromatic carbocycles. The second kappa shape index (κ2) is 5.60. The van der Waals surface area contributed by atoms with E-state index in [4.69, 9.17) is 4.74 Å². The van der Waals surface area contributed by atoms with Crippen molar-refractivity contribution in [2.45, 2.75) is 20.3 Å². The molecule has 2 aromatic rings. The monoisotopic (exact) mass is 263 g/mol. The zero-order valence-electron chi connectivity index (χ0n) is 10.8. The molecule has 0 N–H and O–H groups in total. The fraction of sp³-hybridized carbons (Fsp3) is 0.308. The van der Waals surface area contributed by atoms with Crippen molar-refractivity contribution in [3.8, 4) is 5.69 Å². The van der Waals surface area contributed by atoms with Crippen LogP contribution in [0.25, 0.3) is 5.69 Å². The molecule has 0 saturated carbocycles. The highest BCUT2D eigenvalue weighted by Gasteiger charge is 2.14. The molecule has 1 aromatic heterocycles. The summed E-state index contributed by atoms with van der Waals surface area (Å²) in [5.41, 5.74) is 0.654. The SMILES string of the molecule is CCOC(=O)Cc1nc(C)nn1-c1ccc(F)cc1. The maximum atomic E-state index is 12.9. The van der Waals surface area contributed by atoms with Crippen LogP contribution < -0.4 is 0 Å². The minimum atomic E-state index is -0.363. The number of hydrogen-bond donors (Lipinski definition) is 0. The van der Waals surface area contributed by atoms with E-state index in [2.05, 4.69) is 10.1 Å². The highest BCUT2D eigenvalue weighted by atomic mass is 19.1. The number of benzene rings is 1. The first-order chi connectivity index (χ1) is 9.10. The molecule has 0 aliphatic carbocycles. The third-order valence-electron chi connectivity index (χ3n) is 2.46. The lowest BCUT2D eigenvalue weighted by atomic mass is 10.3. The highest BCUT2D eigenvalue weighted by molar-refractivity contribution is 5.71. The molecule has 19 heavy (non-hydrogen) atoms. The van der Waals surface area contributed by atoms with Crippen molar-refractivity contribution in [1.29, 1.82) is 0 Å². The van der Waals surface area contributed by atoms with Crippen LogP contribution in [0.15, 0.2) is 24.3 Å². The average molecular weight is 263 g/mol. The van der Waals surface area contributed by atoms with E-state index in [1.54, 1.807) is 26.0 Å². The minimum Gasteiger partial charge on any atom is -0.466 e. The summed E-state index contributed by atoms with van der Waals surface area (Å²) in [5.74, 6) is 0.331. The molecule has 2 rings (SSSR count). The van der Waals surface area contributed by atoms with E-state index in [9.17, 15) is 9.18 Å². The maximum Gasteiger partial charge on any atom is 0.313 e. The van der Waals surface area contributed by atoms with Crippen LogP contribution >= 0.6 is 0 Å². The van der Waals surface area contributed by atoms with Gasteiger partial charge in [0.2, 0.25) is 0 Å². The number of hydrogen-bond acceptors (Lipinski definition) is 4. The van der Waals surface area contributed by atoms with E-state index >= 15 is 0 Å². The van der Waals surface area contributed by atoms with Gasteiger partial charge in [0.25, 0.3) is 0 Å². The van der Waals surface area contributed by atoms with E-state index < -0.39 is 0 Å². The molecule has 100 valence electrons. The third-order valence-corrected chi connectivity index (χ3v) is 2.46. The van der Waals surface area contributed by atoms with Crippen LogP contribution in [0, 0.1) is 12.7 Å². The highest BCUT2D eigenvalue weighted by Crippen LogP contribution is 2.11. The Balaban J connectivity index is 2.30. The lowest BCUT2D eigenvalue weighted by Gasteiger charge is -2.05. The van der Waals surface area contributed by atoms with E-state index in [0.717, 1.165) is 0 Å². The predicted octanol–water partition coefficient (Wildman–Crippen LogP) is 1.82. The van der Waals surface area contributed by atoms with Crippen molar-refractivity contribution in [2.24, 2.45) is 0 Å². The fourth-order valence-corrected chi connectivity index (χ4v) is 1.70. The van der Waals surface area contributed by atoms with E-state index in [1.807, 2.05) is 0 Å². The van der Waals surface area contributed by atoms with E-state index in [1.165, 1.54) is 16.8 Å². The fourth-order valence-electron chi connectivity index (χ4n) is 1.70. The van der Waals surface area contributed by atoms with Crippen LogP contribution in [0.2, 0.25) is 0 Å². The Labute approximate surface area is 110 Å². The standard InChI is InChI=1S/C13H14FN3O2/c1-3-19-13(18)8-12-15-9(2)16-17(12)11-6-4-10(14)5-7-11/h4-7H,3,8H2,1-2H3. The lowest BCUT2D eigenvalue weighted by molar-refractivity contribution is -0.142. The number of carbonyl (C=O) groups excluding carboxylic acids is 1. The van der Waals surface area contributed by atoms with Gasteiger partial charge in [-0.25, -0.2) is 14.1 Å². The first kappa shape index (κ1) is 13.2. The van der Waals surface area contributed by atoms with Gasteiger partial charge < -0.3 is 4.74 Å². The summed E-state index contributed by atoms with van der Waals surface area (Å²) in [7, 11) is 0. The molecule has 0 aliphatic heterocycles. The predicted molar refractivity (Wildman–Crippen MR) is 66.4 cm³/mol. The molecule has 0 atom stereocenters. The Hall–Kier alpha value is -2.24. The van der Waals surface area contributed by atoms with Crippen LogP contribution in [0.4, 0.5) is 4.39 Å². The molecule has 5 nitrogen and oxygen atoms in total. The summed E-state index contributed by atoms with van der Waals surface area (Å²) in [5, 5.41) is 4.20. The first-order valence-corrected chi connectivity index (χ1v) is 5.94. The normalized spacial score (nSPS) is 10.5.